The number of carbonyl (C=O) groups is 2. The normalized spacial score (nSPS) is 16.9. The molecule has 2 aromatic heterocycles. The lowest BCUT2D eigenvalue weighted by molar-refractivity contribution is 0.0200. The minimum atomic E-state index is -0.248. The van der Waals surface area contributed by atoms with Crippen molar-refractivity contribution in [3.63, 3.8) is 0 Å². The molecule has 1 aromatic carbocycles. The SMILES string of the molecule is CC(C)OCC1(N(C)C(=O)c2n[nH]c3c2CN(C(=O)c2cc4ccccc4[nH]2)CC3)CC1. The van der Waals surface area contributed by atoms with E-state index in [1.807, 2.05) is 51.2 Å². The smallest absolute Gasteiger partial charge is 0.274 e. The third-order valence-electron chi connectivity index (χ3n) is 6.71. The summed E-state index contributed by atoms with van der Waals surface area (Å²) in [6.45, 7) is 5.48. The van der Waals surface area contributed by atoms with Gasteiger partial charge in [-0.3, -0.25) is 14.7 Å². The molecule has 1 aliphatic heterocycles. The molecule has 1 aliphatic carbocycles. The lowest BCUT2D eigenvalue weighted by Gasteiger charge is -2.30. The van der Waals surface area contributed by atoms with Gasteiger partial charge in [0.25, 0.3) is 11.8 Å². The molecule has 1 saturated carbocycles. The molecule has 168 valence electrons. The van der Waals surface area contributed by atoms with Gasteiger partial charge in [0.05, 0.1) is 24.8 Å². The molecule has 2 amide bonds. The summed E-state index contributed by atoms with van der Waals surface area (Å²) in [4.78, 5) is 33.3. The average molecular weight is 436 g/mol. The van der Waals surface area contributed by atoms with Crippen LogP contribution in [0.5, 0.6) is 0 Å². The average Bonchev–Trinajstić information content (AvgIpc) is 3.27. The summed E-state index contributed by atoms with van der Waals surface area (Å²) in [7, 11) is 1.83. The van der Waals surface area contributed by atoms with Gasteiger partial charge < -0.3 is 19.5 Å². The zero-order valence-corrected chi connectivity index (χ0v) is 18.8. The molecule has 0 atom stereocenters. The van der Waals surface area contributed by atoms with Crippen LogP contribution in [0.2, 0.25) is 0 Å². The molecule has 0 spiro atoms. The molecule has 3 aromatic rings. The fourth-order valence-electron chi connectivity index (χ4n) is 4.42. The van der Waals surface area contributed by atoms with Crippen molar-refractivity contribution in [3.05, 3.63) is 53.0 Å². The third-order valence-corrected chi connectivity index (χ3v) is 6.71. The Bertz CT molecular complexity index is 1140. The number of fused-ring (bicyclic) bond motifs is 2. The molecule has 0 saturated heterocycles. The fourth-order valence-corrected chi connectivity index (χ4v) is 4.42. The maximum absolute atomic E-state index is 13.4. The highest BCUT2D eigenvalue weighted by atomic mass is 16.5. The summed E-state index contributed by atoms with van der Waals surface area (Å²) in [6.07, 6.45) is 2.63. The Kier molecular flexibility index (Phi) is 5.04. The number of nitrogens with zero attached hydrogens (tertiary/aromatic N) is 3. The topological polar surface area (TPSA) is 94.3 Å². The minimum absolute atomic E-state index is 0.0659. The van der Waals surface area contributed by atoms with E-state index in [0.29, 0.717) is 37.5 Å². The molecule has 0 bridgehead atoms. The Hall–Kier alpha value is -3.13. The Morgan fingerprint density at radius 2 is 2.06 bits per heavy atom. The van der Waals surface area contributed by atoms with Crippen molar-refractivity contribution in [2.45, 2.75) is 51.3 Å². The number of para-hydroxylation sites is 1. The van der Waals surface area contributed by atoms with Gasteiger partial charge in [-0.05, 0) is 38.8 Å². The van der Waals surface area contributed by atoms with Crippen molar-refractivity contribution in [2.24, 2.45) is 0 Å². The molecular formula is C24H29N5O3. The van der Waals surface area contributed by atoms with Crippen molar-refractivity contribution in [1.82, 2.24) is 25.0 Å². The van der Waals surface area contributed by atoms with Crippen LogP contribution in [0.1, 0.15) is 58.9 Å². The maximum atomic E-state index is 13.4. The van der Waals surface area contributed by atoms with Gasteiger partial charge in [0, 0.05) is 42.2 Å². The first-order valence-electron chi connectivity index (χ1n) is 11.2. The van der Waals surface area contributed by atoms with Crippen molar-refractivity contribution in [3.8, 4) is 0 Å². The summed E-state index contributed by atoms with van der Waals surface area (Å²) in [5.74, 6) is -0.184. The Morgan fingerprint density at radius 3 is 2.78 bits per heavy atom. The number of carbonyl (C=O) groups excluding carboxylic acids is 2. The van der Waals surface area contributed by atoms with E-state index in [1.165, 1.54) is 0 Å². The van der Waals surface area contributed by atoms with E-state index in [4.69, 9.17) is 4.74 Å². The first-order chi connectivity index (χ1) is 15.4. The van der Waals surface area contributed by atoms with E-state index in [-0.39, 0.29) is 23.5 Å². The number of hydrogen-bond donors (Lipinski definition) is 2. The fraction of sp³-hybridized carbons (Fsp3) is 0.458. The van der Waals surface area contributed by atoms with Gasteiger partial charge in [0.2, 0.25) is 0 Å². The molecule has 2 aliphatic rings. The van der Waals surface area contributed by atoms with Crippen LogP contribution in [0.3, 0.4) is 0 Å². The molecule has 5 rings (SSSR count). The maximum Gasteiger partial charge on any atom is 0.274 e. The largest absolute Gasteiger partial charge is 0.376 e. The summed E-state index contributed by atoms with van der Waals surface area (Å²) in [5.41, 5.74) is 3.41. The number of nitrogens with one attached hydrogen (secondary N) is 2. The van der Waals surface area contributed by atoms with Crippen molar-refractivity contribution in [2.75, 3.05) is 20.2 Å². The van der Waals surface area contributed by atoms with E-state index < -0.39 is 0 Å². The predicted octanol–water partition coefficient (Wildman–Crippen LogP) is 3.12. The summed E-state index contributed by atoms with van der Waals surface area (Å²) >= 11 is 0. The van der Waals surface area contributed by atoms with Gasteiger partial charge in [-0.2, -0.15) is 5.10 Å². The minimum Gasteiger partial charge on any atom is -0.376 e. The number of aromatic nitrogens is 3. The Morgan fingerprint density at radius 1 is 1.28 bits per heavy atom. The van der Waals surface area contributed by atoms with Crippen LogP contribution in [0.25, 0.3) is 10.9 Å². The second kappa shape index (κ2) is 7.78. The van der Waals surface area contributed by atoms with Gasteiger partial charge in [0.15, 0.2) is 5.69 Å². The van der Waals surface area contributed by atoms with Crippen LogP contribution in [0.15, 0.2) is 30.3 Å². The lowest BCUT2D eigenvalue weighted by atomic mass is 10.0. The van der Waals surface area contributed by atoms with Gasteiger partial charge >= 0.3 is 0 Å². The van der Waals surface area contributed by atoms with Gasteiger partial charge in [-0.1, -0.05) is 18.2 Å². The highest BCUT2D eigenvalue weighted by Crippen LogP contribution is 2.42. The number of aromatic amines is 2. The molecule has 0 unspecified atom stereocenters. The third kappa shape index (κ3) is 3.58. The molecule has 32 heavy (non-hydrogen) atoms. The van der Waals surface area contributed by atoms with Crippen LogP contribution in [-0.2, 0) is 17.7 Å². The number of H-pyrrole nitrogens is 2. The summed E-state index contributed by atoms with van der Waals surface area (Å²) < 4.78 is 5.81. The number of amides is 2. The van der Waals surface area contributed by atoms with E-state index in [9.17, 15) is 9.59 Å². The second-order valence-corrected chi connectivity index (χ2v) is 9.22. The molecule has 3 heterocycles. The monoisotopic (exact) mass is 435 g/mol. The first kappa shape index (κ1) is 20.8. The zero-order valence-electron chi connectivity index (χ0n) is 18.8. The van der Waals surface area contributed by atoms with Crippen LogP contribution >= 0.6 is 0 Å². The summed E-state index contributed by atoms with van der Waals surface area (Å²) in [6, 6.07) is 9.72. The van der Waals surface area contributed by atoms with Gasteiger partial charge in [-0.15, -0.1) is 0 Å². The van der Waals surface area contributed by atoms with E-state index in [1.54, 1.807) is 9.80 Å². The second-order valence-electron chi connectivity index (χ2n) is 9.22. The predicted molar refractivity (Wildman–Crippen MR) is 120 cm³/mol. The van der Waals surface area contributed by atoms with Gasteiger partial charge in [-0.25, -0.2) is 0 Å². The highest BCUT2D eigenvalue weighted by molar-refractivity contribution is 5.99. The lowest BCUT2D eigenvalue weighted by Crippen LogP contribution is -2.43. The van der Waals surface area contributed by atoms with Crippen LogP contribution in [0.4, 0.5) is 0 Å². The molecule has 0 radical (unpaired) electrons. The van der Waals surface area contributed by atoms with Crippen molar-refractivity contribution >= 4 is 22.7 Å². The number of likely N-dealkylation sites (N-methyl/N-ethyl adjacent to an activating group) is 1. The van der Waals surface area contributed by atoms with Crippen LogP contribution in [0, 0.1) is 0 Å². The zero-order chi connectivity index (χ0) is 22.5. The Balaban J connectivity index is 1.34. The quantitative estimate of drug-likeness (QED) is 0.622. The van der Waals surface area contributed by atoms with Crippen LogP contribution in [-0.4, -0.2) is 68.6 Å². The van der Waals surface area contributed by atoms with E-state index >= 15 is 0 Å². The van der Waals surface area contributed by atoms with Crippen molar-refractivity contribution < 1.29 is 14.3 Å². The van der Waals surface area contributed by atoms with Crippen LogP contribution < -0.4 is 0 Å². The molecule has 8 heteroatoms. The van der Waals surface area contributed by atoms with Gasteiger partial charge in [0.1, 0.15) is 5.69 Å². The Labute approximate surface area is 186 Å². The highest BCUT2D eigenvalue weighted by Gasteiger charge is 2.50. The molecule has 8 nitrogen and oxygen atoms in total. The molecular weight excluding hydrogens is 406 g/mol. The first-order valence-corrected chi connectivity index (χ1v) is 11.2. The summed E-state index contributed by atoms with van der Waals surface area (Å²) in [5, 5.41) is 8.39. The number of hydrogen-bond acceptors (Lipinski definition) is 4. The number of benzene rings is 1. The number of ether oxygens (including phenoxy) is 1. The number of rotatable bonds is 6. The molecule has 1 fully saturated rings. The van der Waals surface area contributed by atoms with Crippen molar-refractivity contribution in [1.29, 1.82) is 0 Å². The standard InChI is InChI=1S/C24H29N5O3/c1-15(2)32-14-24(9-10-24)28(3)23(31)21-17-13-29(11-8-19(17)26-27-21)22(30)20-12-16-6-4-5-7-18(16)25-20/h4-7,12,15,25H,8-11,13-14H2,1-3H3,(H,26,27). The van der Waals surface area contributed by atoms with E-state index in [0.717, 1.165) is 35.0 Å². The van der Waals surface area contributed by atoms with E-state index in [2.05, 4.69) is 15.2 Å². The molecule has 2 N–H and O–H groups in total.